The van der Waals surface area contributed by atoms with Crippen molar-refractivity contribution in [2.75, 3.05) is 6.61 Å². The number of nitrogens with one attached hydrogen (secondary N) is 1. The molecule has 38 heavy (non-hydrogen) atoms. The molecule has 3 aromatic rings. The molecule has 3 aromatic carbocycles. The second-order valence-electron chi connectivity index (χ2n) is 9.71. The molecule has 1 fully saturated rings. The average Bonchev–Trinajstić information content (AvgIpc) is 3.44. The second kappa shape index (κ2) is 14.0. The summed E-state index contributed by atoms with van der Waals surface area (Å²) in [5.41, 5.74) is 1.32. The Kier molecular flexibility index (Phi) is 10.2. The molecule has 0 aromatic heterocycles. The van der Waals surface area contributed by atoms with Crippen LogP contribution in [0.15, 0.2) is 78.9 Å². The van der Waals surface area contributed by atoms with Gasteiger partial charge in [0, 0.05) is 36.0 Å². The number of halogens is 2. The summed E-state index contributed by atoms with van der Waals surface area (Å²) in [7, 11) is 0. The Morgan fingerprint density at radius 2 is 1.66 bits per heavy atom. The van der Waals surface area contributed by atoms with E-state index in [0.29, 0.717) is 35.8 Å². The van der Waals surface area contributed by atoms with Gasteiger partial charge in [0.1, 0.15) is 17.6 Å². The van der Waals surface area contributed by atoms with E-state index < -0.39 is 11.9 Å². The van der Waals surface area contributed by atoms with Crippen molar-refractivity contribution in [3.63, 3.8) is 0 Å². The van der Waals surface area contributed by atoms with Gasteiger partial charge in [-0.3, -0.25) is 9.59 Å². The van der Waals surface area contributed by atoms with Gasteiger partial charge in [-0.05, 0) is 55.2 Å². The molecule has 0 spiro atoms. The predicted octanol–water partition coefficient (Wildman–Crippen LogP) is 6.34. The van der Waals surface area contributed by atoms with Crippen molar-refractivity contribution in [1.29, 1.82) is 0 Å². The topological polar surface area (TPSA) is 58.6 Å². The number of nitrogens with zero attached hydrogens (tertiary/aromatic N) is 1. The molecule has 4 rings (SSSR count). The van der Waals surface area contributed by atoms with Gasteiger partial charge < -0.3 is 15.0 Å². The SMILES string of the molecule is O=C(NC1CCCC1)C(Cc1ccccc1)N(Cc1ccccc1F)C(=O)CCCOc1ccc(Cl)cc1. The number of carbonyl (C=O) groups is 2. The standard InChI is InChI=1S/C31H34ClFN2O3/c32-25-16-18-27(19-17-25)38-20-8-15-30(36)35(22-24-11-4-7-14-28(24)33)29(21-23-9-2-1-3-10-23)31(37)34-26-12-5-6-13-26/h1-4,7,9-11,14,16-19,26,29H,5-6,8,12-13,15,20-22H2,(H,34,37). The van der Waals surface area contributed by atoms with E-state index in [-0.39, 0.29) is 30.8 Å². The van der Waals surface area contributed by atoms with E-state index in [2.05, 4.69) is 5.32 Å². The molecule has 2 amide bonds. The Balaban J connectivity index is 1.52. The first kappa shape index (κ1) is 27.6. The predicted molar refractivity (Wildman–Crippen MR) is 147 cm³/mol. The molecule has 0 heterocycles. The molecule has 200 valence electrons. The van der Waals surface area contributed by atoms with E-state index in [0.717, 1.165) is 31.2 Å². The number of hydrogen-bond acceptors (Lipinski definition) is 3. The third-order valence-electron chi connectivity index (χ3n) is 6.89. The van der Waals surface area contributed by atoms with Crippen molar-refractivity contribution in [2.45, 2.75) is 63.6 Å². The lowest BCUT2D eigenvalue weighted by molar-refractivity contribution is -0.141. The fourth-order valence-electron chi connectivity index (χ4n) is 4.82. The van der Waals surface area contributed by atoms with Crippen molar-refractivity contribution in [3.05, 3.63) is 101 Å². The van der Waals surface area contributed by atoms with Crippen LogP contribution in [0.4, 0.5) is 4.39 Å². The number of benzene rings is 3. The molecule has 1 saturated carbocycles. The highest BCUT2D eigenvalue weighted by Gasteiger charge is 2.32. The van der Waals surface area contributed by atoms with Gasteiger partial charge >= 0.3 is 0 Å². The van der Waals surface area contributed by atoms with Crippen LogP contribution in [0, 0.1) is 5.82 Å². The summed E-state index contributed by atoms with van der Waals surface area (Å²) < 4.78 is 20.4. The van der Waals surface area contributed by atoms with Crippen molar-refractivity contribution >= 4 is 23.4 Å². The Bertz CT molecular complexity index is 1180. The van der Waals surface area contributed by atoms with E-state index in [9.17, 15) is 14.0 Å². The molecule has 5 nitrogen and oxygen atoms in total. The minimum Gasteiger partial charge on any atom is -0.494 e. The summed E-state index contributed by atoms with van der Waals surface area (Å²) in [6.07, 6.45) is 5.02. The number of amides is 2. The van der Waals surface area contributed by atoms with E-state index in [1.54, 1.807) is 42.5 Å². The highest BCUT2D eigenvalue weighted by Crippen LogP contribution is 2.22. The van der Waals surface area contributed by atoms with E-state index in [1.807, 2.05) is 30.3 Å². The van der Waals surface area contributed by atoms with Gasteiger partial charge in [-0.15, -0.1) is 0 Å². The van der Waals surface area contributed by atoms with Crippen LogP contribution >= 0.6 is 11.6 Å². The maximum atomic E-state index is 14.7. The first-order valence-electron chi connectivity index (χ1n) is 13.2. The first-order chi connectivity index (χ1) is 18.5. The number of rotatable bonds is 12. The zero-order valence-corrected chi connectivity index (χ0v) is 22.2. The normalized spacial score (nSPS) is 14.2. The van der Waals surface area contributed by atoms with Crippen LogP contribution in [0.3, 0.4) is 0 Å². The molecular weight excluding hydrogens is 503 g/mol. The molecule has 1 unspecified atom stereocenters. The van der Waals surface area contributed by atoms with Crippen molar-refractivity contribution < 1.29 is 18.7 Å². The maximum absolute atomic E-state index is 14.7. The van der Waals surface area contributed by atoms with Crippen LogP contribution in [-0.2, 0) is 22.6 Å². The Hall–Kier alpha value is -3.38. The van der Waals surface area contributed by atoms with Gasteiger partial charge in [-0.25, -0.2) is 4.39 Å². The van der Waals surface area contributed by atoms with Gasteiger partial charge in [0.15, 0.2) is 0 Å². The molecule has 7 heteroatoms. The first-order valence-corrected chi connectivity index (χ1v) is 13.6. The van der Waals surface area contributed by atoms with Gasteiger partial charge in [-0.1, -0.05) is 73.0 Å². The Morgan fingerprint density at radius 3 is 2.37 bits per heavy atom. The molecule has 1 N–H and O–H groups in total. The van der Waals surface area contributed by atoms with E-state index >= 15 is 0 Å². The van der Waals surface area contributed by atoms with Crippen LogP contribution in [0.2, 0.25) is 5.02 Å². The zero-order valence-electron chi connectivity index (χ0n) is 21.5. The van der Waals surface area contributed by atoms with Crippen LogP contribution in [-0.4, -0.2) is 35.4 Å². The monoisotopic (exact) mass is 536 g/mol. The highest BCUT2D eigenvalue weighted by molar-refractivity contribution is 6.30. The van der Waals surface area contributed by atoms with Gasteiger partial charge in [0.25, 0.3) is 0 Å². The lowest BCUT2D eigenvalue weighted by Gasteiger charge is -2.32. The van der Waals surface area contributed by atoms with Gasteiger partial charge in [0.2, 0.25) is 11.8 Å². The molecule has 1 atom stereocenters. The lowest BCUT2D eigenvalue weighted by Crippen LogP contribution is -2.52. The summed E-state index contributed by atoms with van der Waals surface area (Å²) >= 11 is 5.93. The quantitative estimate of drug-likeness (QED) is 0.275. The van der Waals surface area contributed by atoms with Crippen molar-refractivity contribution in [3.8, 4) is 5.75 Å². The number of hydrogen-bond donors (Lipinski definition) is 1. The van der Waals surface area contributed by atoms with Gasteiger partial charge in [0.05, 0.1) is 6.61 Å². The number of ether oxygens (including phenoxy) is 1. The third kappa shape index (κ3) is 8.06. The lowest BCUT2D eigenvalue weighted by atomic mass is 10.0. The van der Waals surface area contributed by atoms with Crippen LogP contribution in [0.1, 0.15) is 49.7 Å². The molecule has 0 saturated heterocycles. The largest absolute Gasteiger partial charge is 0.494 e. The molecule has 1 aliphatic rings. The smallest absolute Gasteiger partial charge is 0.243 e. The summed E-state index contributed by atoms with van der Waals surface area (Å²) in [5, 5.41) is 3.79. The summed E-state index contributed by atoms with van der Waals surface area (Å²) in [6.45, 7) is 0.345. The molecule has 0 aliphatic heterocycles. The number of carbonyl (C=O) groups excluding carboxylic acids is 2. The molecule has 0 bridgehead atoms. The van der Waals surface area contributed by atoms with Crippen molar-refractivity contribution in [2.24, 2.45) is 0 Å². The summed E-state index contributed by atoms with van der Waals surface area (Å²) in [6, 6.07) is 22.4. The van der Waals surface area contributed by atoms with Crippen LogP contribution in [0.5, 0.6) is 5.75 Å². The van der Waals surface area contributed by atoms with Crippen molar-refractivity contribution in [1.82, 2.24) is 10.2 Å². The fraction of sp³-hybridized carbons (Fsp3) is 0.355. The third-order valence-corrected chi connectivity index (χ3v) is 7.14. The van der Waals surface area contributed by atoms with E-state index in [1.165, 1.54) is 11.0 Å². The minimum absolute atomic E-state index is 0.0130. The average molecular weight is 537 g/mol. The molecule has 0 radical (unpaired) electrons. The minimum atomic E-state index is -0.762. The highest BCUT2D eigenvalue weighted by atomic mass is 35.5. The Morgan fingerprint density at radius 1 is 0.974 bits per heavy atom. The maximum Gasteiger partial charge on any atom is 0.243 e. The zero-order chi connectivity index (χ0) is 26.7. The fourth-order valence-corrected chi connectivity index (χ4v) is 4.95. The molecule has 1 aliphatic carbocycles. The summed E-state index contributed by atoms with van der Waals surface area (Å²) in [4.78, 5) is 28.8. The van der Waals surface area contributed by atoms with Gasteiger partial charge in [-0.2, -0.15) is 0 Å². The second-order valence-corrected chi connectivity index (χ2v) is 10.2. The Labute approximate surface area is 228 Å². The molecular formula is C31H34ClFN2O3. The summed E-state index contributed by atoms with van der Waals surface area (Å²) in [5.74, 6) is -0.132. The van der Waals surface area contributed by atoms with Crippen LogP contribution in [0.25, 0.3) is 0 Å². The van der Waals surface area contributed by atoms with E-state index in [4.69, 9.17) is 16.3 Å². The van der Waals surface area contributed by atoms with Crippen LogP contribution < -0.4 is 10.1 Å².